The predicted molar refractivity (Wildman–Crippen MR) is 73.4 cm³/mol. The Morgan fingerprint density at radius 3 is 2.74 bits per heavy atom. The van der Waals surface area contributed by atoms with E-state index in [1.165, 1.54) is 0 Å². The molecular formula is C15H15FN2O. The summed E-state index contributed by atoms with van der Waals surface area (Å²) in [5.74, 6) is -0.268. The van der Waals surface area contributed by atoms with Crippen LogP contribution in [0.3, 0.4) is 0 Å². The predicted octanol–water partition coefficient (Wildman–Crippen LogP) is 3.13. The molecule has 0 aromatic heterocycles. The van der Waals surface area contributed by atoms with Gasteiger partial charge >= 0.3 is 0 Å². The van der Waals surface area contributed by atoms with Crippen molar-refractivity contribution in [3.05, 3.63) is 42.5 Å². The zero-order chi connectivity index (χ0) is 13.2. The molecule has 1 unspecified atom stereocenters. The molecule has 3 nitrogen and oxygen atoms in total. The molecule has 98 valence electrons. The van der Waals surface area contributed by atoms with Crippen LogP contribution < -0.4 is 5.32 Å². The number of carbonyl (C=O) groups is 1. The largest absolute Gasteiger partial charge is 0.325 e. The second-order valence-electron chi connectivity index (χ2n) is 4.83. The topological polar surface area (TPSA) is 32.3 Å². The maximum atomic E-state index is 13.4. The van der Waals surface area contributed by atoms with Gasteiger partial charge in [-0.3, -0.25) is 4.79 Å². The Bertz CT molecular complexity index is 614. The van der Waals surface area contributed by atoms with Crippen molar-refractivity contribution in [2.45, 2.75) is 18.9 Å². The number of hydrogen-bond acceptors (Lipinski definition) is 2. The van der Waals surface area contributed by atoms with Gasteiger partial charge in [0.15, 0.2) is 0 Å². The first-order chi connectivity index (χ1) is 9.24. The van der Waals surface area contributed by atoms with Crippen molar-refractivity contribution < 1.29 is 9.28 Å². The molecule has 1 heterocycles. The van der Waals surface area contributed by atoms with Gasteiger partial charge in [0.2, 0.25) is 5.91 Å². The number of nitrogens with one attached hydrogen (secondary N) is 1. The highest BCUT2D eigenvalue weighted by molar-refractivity contribution is 5.97. The monoisotopic (exact) mass is 258 g/mol. The van der Waals surface area contributed by atoms with Crippen LogP contribution in [0.1, 0.15) is 12.8 Å². The number of carbonyl (C=O) groups excluding carboxylic acids is 1. The standard InChI is InChI=1S/C15H15FN2O/c16-18-9-3-6-14(18)15(19)17-13-8-7-11-4-1-2-5-12(11)10-13/h1-2,4-5,7-8,10,14H,3,6,9H2,(H,17,19). The number of hydrogen-bond donors (Lipinski definition) is 1. The van der Waals surface area contributed by atoms with Crippen molar-refractivity contribution in [3.63, 3.8) is 0 Å². The average molecular weight is 258 g/mol. The number of rotatable bonds is 2. The Morgan fingerprint density at radius 1 is 1.21 bits per heavy atom. The van der Waals surface area contributed by atoms with Crippen LogP contribution in [0.25, 0.3) is 10.8 Å². The molecule has 0 bridgehead atoms. The summed E-state index contributed by atoms with van der Waals surface area (Å²) >= 11 is 0. The first kappa shape index (κ1) is 12.1. The van der Waals surface area contributed by atoms with Gasteiger partial charge in [-0.25, -0.2) is 0 Å². The van der Waals surface area contributed by atoms with E-state index < -0.39 is 6.04 Å². The van der Waals surface area contributed by atoms with Crippen molar-refractivity contribution in [3.8, 4) is 0 Å². The van der Waals surface area contributed by atoms with Crippen LogP contribution in [0.15, 0.2) is 42.5 Å². The zero-order valence-electron chi connectivity index (χ0n) is 10.5. The molecule has 19 heavy (non-hydrogen) atoms. The van der Waals surface area contributed by atoms with Gasteiger partial charge in [-0.2, -0.15) is 0 Å². The summed E-state index contributed by atoms with van der Waals surface area (Å²) in [7, 11) is 0. The third kappa shape index (κ3) is 2.44. The summed E-state index contributed by atoms with van der Waals surface area (Å²) in [6, 6.07) is 13.0. The first-order valence-corrected chi connectivity index (χ1v) is 6.46. The normalized spacial score (nSPS) is 19.7. The maximum absolute atomic E-state index is 13.4. The van der Waals surface area contributed by atoms with Crippen molar-refractivity contribution >= 4 is 22.4 Å². The number of benzene rings is 2. The molecular weight excluding hydrogens is 243 g/mol. The summed E-state index contributed by atoms with van der Waals surface area (Å²) in [6.45, 7) is 0.343. The van der Waals surface area contributed by atoms with Gasteiger partial charge in [-0.05, 0) is 35.7 Å². The number of fused-ring (bicyclic) bond motifs is 1. The van der Waals surface area contributed by atoms with Crippen LogP contribution in [0.2, 0.25) is 0 Å². The van der Waals surface area contributed by atoms with E-state index in [1.807, 2.05) is 42.5 Å². The van der Waals surface area contributed by atoms with Crippen LogP contribution >= 0.6 is 0 Å². The van der Waals surface area contributed by atoms with Gasteiger partial charge in [0.25, 0.3) is 0 Å². The van der Waals surface area contributed by atoms with Crippen LogP contribution in [-0.4, -0.2) is 23.6 Å². The summed E-state index contributed by atoms with van der Waals surface area (Å²) in [5.41, 5.74) is 0.712. The summed E-state index contributed by atoms with van der Waals surface area (Å²) in [5, 5.41) is 5.59. The molecule has 1 amide bonds. The lowest BCUT2D eigenvalue weighted by atomic mass is 10.1. The minimum Gasteiger partial charge on any atom is -0.325 e. The Balaban J connectivity index is 1.79. The molecule has 2 aromatic carbocycles. The molecule has 1 saturated heterocycles. The van der Waals surface area contributed by atoms with Gasteiger partial charge < -0.3 is 5.32 Å². The van der Waals surface area contributed by atoms with E-state index in [1.54, 1.807) is 0 Å². The number of nitrogens with zero attached hydrogens (tertiary/aromatic N) is 1. The fraction of sp³-hybridized carbons (Fsp3) is 0.267. The van der Waals surface area contributed by atoms with E-state index >= 15 is 0 Å². The van der Waals surface area contributed by atoms with Crippen molar-refractivity contribution in [2.75, 3.05) is 11.9 Å². The fourth-order valence-electron chi connectivity index (χ4n) is 2.48. The average Bonchev–Trinajstić information content (AvgIpc) is 2.85. The van der Waals surface area contributed by atoms with Crippen LogP contribution in [0.4, 0.5) is 10.2 Å². The van der Waals surface area contributed by atoms with E-state index in [9.17, 15) is 9.28 Å². The minimum absolute atomic E-state index is 0.268. The Kier molecular flexibility index (Phi) is 3.17. The van der Waals surface area contributed by atoms with E-state index in [4.69, 9.17) is 0 Å². The van der Waals surface area contributed by atoms with Gasteiger partial charge in [-0.15, -0.1) is 9.60 Å². The fourth-order valence-corrected chi connectivity index (χ4v) is 2.48. The quantitative estimate of drug-likeness (QED) is 0.839. The number of halogens is 1. The highest BCUT2D eigenvalue weighted by Gasteiger charge is 2.30. The highest BCUT2D eigenvalue weighted by atomic mass is 19.2. The Morgan fingerprint density at radius 2 is 2.00 bits per heavy atom. The maximum Gasteiger partial charge on any atom is 0.244 e. The molecule has 1 aliphatic heterocycles. The molecule has 4 heteroatoms. The van der Waals surface area contributed by atoms with Crippen LogP contribution in [-0.2, 0) is 4.79 Å². The van der Waals surface area contributed by atoms with Gasteiger partial charge in [0.05, 0.1) is 0 Å². The van der Waals surface area contributed by atoms with Crippen LogP contribution in [0.5, 0.6) is 0 Å². The van der Waals surface area contributed by atoms with Gasteiger partial charge in [-0.1, -0.05) is 30.3 Å². The second kappa shape index (κ2) is 4.97. The van der Waals surface area contributed by atoms with Crippen molar-refractivity contribution in [1.82, 2.24) is 5.12 Å². The second-order valence-corrected chi connectivity index (χ2v) is 4.83. The molecule has 2 aromatic rings. The summed E-state index contributed by atoms with van der Waals surface area (Å²) < 4.78 is 13.4. The van der Waals surface area contributed by atoms with E-state index in [0.717, 1.165) is 17.2 Å². The molecule has 1 aliphatic rings. The van der Waals surface area contributed by atoms with E-state index in [-0.39, 0.29) is 5.91 Å². The summed E-state index contributed by atoms with van der Waals surface area (Å²) in [6.07, 6.45) is 1.31. The SMILES string of the molecule is O=C(Nc1ccc2ccccc2c1)C1CCCN1F. The highest BCUT2D eigenvalue weighted by Crippen LogP contribution is 2.22. The number of anilines is 1. The lowest BCUT2D eigenvalue weighted by molar-refractivity contribution is -0.125. The molecule has 1 N–H and O–H groups in total. The van der Waals surface area contributed by atoms with Crippen molar-refractivity contribution in [2.24, 2.45) is 0 Å². The van der Waals surface area contributed by atoms with Crippen LogP contribution in [0, 0.1) is 0 Å². The summed E-state index contributed by atoms with van der Waals surface area (Å²) in [4.78, 5) is 12.0. The third-order valence-corrected chi connectivity index (χ3v) is 3.51. The third-order valence-electron chi connectivity index (χ3n) is 3.51. The molecule has 3 rings (SSSR count). The molecule has 0 radical (unpaired) electrons. The molecule has 1 fully saturated rings. The van der Waals surface area contributed by atoms with Gasteiger partial charge in [0.1, 0.15) is 6.04 Å². The first-order valence-electron chi connectivity index (χ1n) is 6.46. The minimum atomic E-state index is -0.647. The van der Waals surface area contributed by atoms with E-state index in [2.05, 4.69) is 5.32 Å². The van der Waals surface area contributed by atoms with Gasteiger partial charge in [0, 0.05) is 12.2 Å². The Hall–Kier alpha value is -1.94. The van der Waals surface area contributed by atoms with Crippen molar-refractivity contribution in [1.29, 1.82) is 0 Å². The Labute approximate surface area is 111 Å². The lowest BCUT2D eigenvalue weighted by Gasteiger charge is -2.15. The molecule has 1 atom stereocenters. The lowest BCUT2D eigenvalue weighted by Crippen LogP contribution is -2.34. The molecule has 0 spiro atoms. The smallest absolute Gasteiger partial charge is 0.244 e. The molecule has 0 aliphatic carbocycles. The van der Waals surface area contributed by atoms with E-state index in [0.29, 0.717) is 23.8 Å². The number of amides is 1. The molecule has 0 saturated carbocycles. The zero-order valence-corrected chi connectivity index (χ0v) is 10.5.